The molecule has 0 aliphatic carbocycles. The van der Waals surface area contributed by atoms with Crippen LogP contribution in [0.25, 0.3) is 5.69 Å². The lowest BCUT2D eigenvalue weighted by molar-refractivity contribution is 0.0195. The normalized spacial score (nSPS) is 20.5. The first-order chi connectivity index (χ1) is 13.8. The third-order valence-corrected chi connectivity index (χ3v) is 5.39. The van der Waals surface area contributed by atoms with Gasteiger partial charge in [-0.2, -0.15) is 5.10 Å². The summed E-state index contributed by atoms with van der Waals surface area (Å²) in [4.78, 5) is 13.8. The highest BCUT2D eigenvalue weighted by Gasteiger charge is 2.30. The summed E-state index contributed by atoms with van der Waals surface area (Å²) >= 11 is 0. The van der Waals surface area contributed by atoms with Crippen molar-refractivity contribution < 1.29 is 4.74 Å². The fraction of sp³-hybridized carbons (Fsp3) is 0.550. The Kier molecular flexibility index (Phi) is 8.25. The Morgan fingerprint density at radius 1 is 1.21 bits per heavy atom. The van der Waals surface area contributed by atoms with Crippen molar-refractivity contribution in [1.29, 1.82) is 0 Å². The topological polar surface area (TPSA) is 70.8 Å². The van der Waals surface area contributed by atoms with Gasteiger partial charge in [-0.25, -0.2) is 14.7 Å². The van der Waals surface area contributed by atoms with E-state index in [1.54, 1.807) is 17.3 Å². The number of aromatic nitrogens is 3. The van der Waals surface area contributed by atoms with Crippen LogP contribution in [0.1, 0.15) is 18.9 Å². The van der Waals surface area contributed by atoms with Gasteiger partial charge in [-0.3, -0.25) is 4.90 Å². The molecule has 9 heteroatoms. The maximum atomic E-state index is 5.49. The van der Waals surface area contributed by atoms with Gasteiger partial charge in [0, 0.05) is 38.8 Å². The number of hydrogen-bond acceptors (Lipinski definition) is 5. The van der Waals surface area contributed by atoms with Crippen LogP contribution in [0.3, 0.4) is 0 Å². The number of halogens is 1. The molecular formula is C20H30IN7O. The van der Waals surface area contributed by atoms with Gasteiger partial charge in [0.15, 0.2) is 5.96 Å². The van der Waals surface area contributed by atoms with Gasteiger partial charge in [-0.05, 0) is 31.0 Å². The average Bonchev–Trinajstić information content (AvgIpc) is 3.45. The number of nitrogens with one attached hydrogen (secondary N) is 1. The van der Waals surface area contributed by atoms with Gasteiger partial charge in [-0.1, -0.05) is 12.1 Å². The van der Waals surface area contributed by atoms with E-state index >= 15 is 0 Å². The average molecular weight is 511 g/mol. The van der Waals surface area contributed by atoms with E-state index in [9.17, 15) is 0 Å². The molecule has 1 unspecified atom stereocenters. The van der Waals surface area contributed by atoms with Crippen molar-refractivity contribution in [1.82, 2.24) is 29.9 Å². The van der Waals surface area contributed by atoms with Crippen LogP contribution in [-0.2, 0) is 11.3 Å². The predicted molar refractivity (Wildman–Crippen MR) is 124 cm³/mol. The molecule has 1 atom stereocenters. The van der Waals surface area contributed by atoms with E-state index in [4.69, 9.17) is 9.73 Å². The summed E-state index contributed by atoms with van der Waals surface area (Å²) in [5, 5.41) is 7.62. The fourth-order valence-electron chi connectivity index (χ4n) is 3.86. The molecule has 2 fully saturated rings. The zero-order valence-electron chi connectivity index (χ0n) is 16.9. The van der Waals surface area contributed by atoms with Gasteiger partial charge in [0.25, 0.3) is 0 Å². The number of likely N-dealkylation sites (tertiary alicyclic amines) is 1. The minimum atomic E-state index is 0. The van der Waals surface area contributed by atoms with Crippen LogP contribution < -0.4 is 5.32 Å². The monoisotopic (exact) mass is 511 g/mol. The van der Waals surface area contributed by atoms with Crippen molar-refractivity contribution in [2.24, 2.45) is 4.99 Å². The van der Waals surface area contributed by atoms with Crippen LogP contribution in [0.5, 0.6) is 0 Å². The Balaban J connectivity index is 0.00000240. The number of benzene rings is 1. The highest BCUT2D eigenvalue weighted by atomic mass is 127. The second-order valence-electron chi connectivity index (χ2n) is 7.21. The second-order valence-corrected chi connectivity index (χ2v) is 7.21. The standard InChI is InChI=1S/C20H29N7O.HI/c1-2-22-20(26-8-7-19(14-26)25-9-11-28-12-10-25)23-13-17-3-5-18(6-4-17)27-16-21-15-24-27;/h3-6,15-16,19H,2,7-14H2,1H3,(H,22,23);1H. The SMILES string of the molecule is CCNC(=NCc1ccc(-n2cncn2)cc1)N1CCC(N2CCOCC2)C1.I. The van der Waals surface area contributed by atoms with Crippen molar-refractivity contribution in [2.45, 2.75) is 25.9 Å². The molecule has 2 aliphatic rings. The van der Waals surface area contributed by atoms with Crippen molar-refractivity contribution in [3.05, 3.63) is 42.5 Å². The summed E-state index contributed by atoms with van der Waals surface area (Å²) in [6.07, 6.45) is 4.44. The second kappa shape index (κ2) is 10.9. The molecule has 2 aliphatic heterocycles. The largest absolute Gasteiger partial charge is 0.379 e. The molecule has 0 radical (unpaired) electrons. The summed E-state index contributed by atoms with van der Waals surface area (Å²) in [5.41, 5.74) is 2.19. The van der Waals surface area contributed by atoms with E-state index in [1.807, 2.05) is 0 Å². The van der Waals surface area contributed by atoms with Crippen molar-refractivity contribution >= 4 is 29.9 Å². The highest BCUT2D eigenvalue weighted by Crippen LogP contribution is 2.17. The molecule has 0 saturated carbocycles. The number of morpholine rings is 1. The van der Waals surface area contributed by atoms with E-state index in [-0.39, 0.29) is 24.0 Å². The summed E-state index contributed by atoms with van der Waals surface area (Å²) in [6.45, 7) is 9.56. The minimum absolute atomic E-state index is 0. The Hall–Kier alpha value is -1.72. The van der Waals surface area contributed by atoms with E-state index in [1.165, 1.54) is 12.0 Å². The number of rotatable bonds is 5. The van der Waals surface area contributed by atoms with Gasteiger partial charge in [0.05, 0.1) is 25.4 Å². The number of guanidine groups is 1. The summed E-state index contributed by atoms with van der Waals surface area (Å²) in [5.74, 6) is 1.01. The molecule has 1 N–H and O–H groups in total. The maximum absolute atomic E-state index is 5.49. The van der Waals surface area contributed by atoms with Gasteiger partial charge in [0.1, 0.15) is 12.7 Å². The molecule has 1 aromatic carbocycles. The first-order valence-corrected chi connectivity index (χ1v) is 10.1. The molecule has 1 aromatic heterocycles. The van der Waals surface area contributed by atoms with Crippen molar-refractivity contribution in [3.63, 3.8) is 0 Å². The third kappa shape index (κ3) is 5.67. The third-order valence-electron chi connectivity index (χ3n) is 5.39. The maximum Gasteiger partial charge on any atom is 0.194 e. The van der Waals surface area contributed by atoms with E-state index in [0.29, 0.717) is 12.6 Å². The number of nitrogens with zero attached hydrogens (tertiary/aromatic N) is 6. The lowest BCUT2D eigenvalue weighted by Crippen LogP contribution is -2.46. The Morgan fingerprint density at radius 2 is 2.00 bits per heavy atom. The molecule has 4 rings (SSSR count). The van der Waals surface area contributed by atoms with Gasteiger partial charge < -0.3 is 15.0 Å². The summed E-state index contributed by atoms with van der Waals surface area (Å²) in [7, 11) is 0. The Morgan fingerprint density at radius 3 is 2.69 bits per heavy atom. The molecule has 29 heavy (non-hydrogen) atoms. The van der Waals surface area contributed by atoms with Gasteiger partial charge >= 0.3 is 0 Å². The first-order valence-electron chi connectivity index (χ1n) is 10.1. The minimum Gasteiger partial charge on any atom is -0.379 e. The number of hydrogen-bond donors (Lipinski definition) is 1. The van der Waals surface area contributed by atoms with Crippen molar-refractivity contribution in [2.75, 3.05) is 45.9 Å². The molecule has 8 nitrogen and oxygen atoms in total. The number of aliphatic imine (C=N–C) groups is 1. The molecule has 2 aromatic rings. The number of ether oxygens (including phenoxy) is 1. The molecule has 0 spiro atoms. The van der Waals surface area contributed by atoms with Crippen LogP contribution in [-0.4, -0.2) is 82.5 Å². The molecule has 0 bridgehead atoms. The predicted octanol–water partition coefficient (Wildman–Crippen LogP) is 1.76. The van der Waals surface area contributed by atoms with Crippen LogP contribution in [0.2, 0.25) is 0 Å². The molecule has 2 saturated heterocycles. The van der Waals surface area contributed by atoms with Crippen LogP contribution in [0, 0.1) is 0 Å². The molecule has 158 valence electrons. The van der Waals surface area contributed by atoms with Crippen LogP contribution in [0.15, 0.2) is 41.9 Å². The Labute approximate surface area is 189 Å². The zero-order chi connectivity index (χ0) is 19.2. The lowest BCUT2D eigenvalue weighted by atomic mass is 10.2. The summed E-state index contributed by atoms with van der Waals surface area (Å²) in [6, 6.07) is 8.91. The lowest BCUT2D eigenvalue weighted by Gasteiger charge is -2.32. The van der Waals surface area contributed by atoms with Crippen LogP contribution in [0.4, 0.5) is 0 Å². The molecular weight excluding hydrogens is 481 g/mol. The van der Waals surface area contributed by atoms with E-state index in [0.717, 1.165) is 57.6 Å². The van der Waals surface area contributed by atoms with Crippen LogP contribution >= 0.6 is 24.0 Å². The van der Waals surface area contributed by atoms with Gasteiger partial charge in [0.2, 0.25) is 0 Å². The summed E-state index contributed by atoms with van der Waals surface area (Å²) < 4.78 is 7.25. The smallest absolute Gasteiger partial charge is 0.194 e. The molecule has 0 amide bonds. The molecule has 3 heterocycles. The van der Waals surface area contributed by atoms with Crippen molar-refractivity contribution in [3.8, 4) is 5.69 Å². The van der Waals surface area contributed by atoms with E-state index < -0.39 is 0 Å². The first kappa shape index (κ1) is 22.0. The highest BCUT2D eigenvalue weighted by molar-refractivity contribution is 14.0. The van der Waals surface area contributed by atoms with E-state index in [2.05, 4.69) is 56.4 Å². The zero-order valence-corrected chi connectivity index (χ0v) is 19.2. The quantitative estimate of drug-likeness (QED) is 0.375. The fourth-order valence-corrected chi connectivity index (χ4v) is 3.86. The Bertz CT molecular complexity index is 760. The van der Waals surface area contributed by atoms with Gasteiger partial charge in [-0.15, -0.1) is 24.0 Å².